The van der Waals surface area contributed by atoms with E-state index in [2.05, 4.69) is 10.2 Å². The number of nitrogens with zero attached hydrogens (tertiary/aromatic N) is 2. The predicted octanol–water partition coefficient (Wildman–Crippen LogP) is 4.77. The number of rotatable bonds is 6. The van der Waals surface area contributed by atoms with E-state index in [1.165, 1.54) is 16.4 Å². The van der Waals surface area contributed by atoms with Gasteiger partial charge in [0.25, 0.3) is 5.91 Å². The summed E-state index contributed by atoms with van der Waals surface area (Å²) in [5.41, 5.74) is 1.54. The summed E-state index contributed by atoms with van der Waals surface area (Å²) in [5, 5.41) is 3.16. The minimum absolute atomic E-state index is 0.159. The maximum Gasteiger partial charge on any atom is 0.258 e. The minimum atomic E-state index is -3.67. The van der Waals surface area contributed by atoms with E-state index in [-0.39, 0.29) is 20.5 Å². The Morgan fingerprint density at radius 3 is 2.12 bits per heavy atom. The lowest BCUT2D eigenvalue weighted by Crippen LogP contribution is -2.48. The van der Waals surface area contributed by atoms with E-state index in [0.717, 1.165) is 11.4 Å². The number of benzene rings is 3. The molecule has 1 aliphatic heterocycles. The first-order valence-corrected chi connectivity index (χ1v) is 12.7. The molecule has 1 fully saturated rings. The third-order valence-electron chi connectivity index (χ3n) is 5.60. The van der Waals surface area contributed by atoms with E-state index in [1.807, 2.05) is 24.3 Å². The van der Waals surface area contributed by atoms with Gasteiger partial charge in [0.05, 0.1) is 33.3 Å². The van der Waals surface area contributed by atoms with E-state index in [0.29, 0.717) is 31.9 Å². The molecule has 0 aromatic heterocycles. The third kappa shape index (κ3) is 5.00. The van der Waals surface area contributed by atoms with E-state index in [4.69, 9.17) is 27.9 Å². The molecule has 1 aliphatic rings. The van der Waals surface area contributed by atoms with E-state index < -0.39 is 15.9 Å². The van der Waals surface area contributed by atoms with Crippen LogP contribution in [0.1, 0.15) is 10.4 Å². The van der Waals surface area contributed by atoms with Gasteiger partial charge in [0.1, 0.15) is 5.75 Å². The van der Waals surface area contributed by atoms with Crippen molar-refractivity contribution < 1.29 is 17.9 Å². The zero-order valence-corrected chi connectivity index (χ0v) is 20.7. The van der Waals surface area contributed by atoms with Gasteiger partial charge in [0.2, 0.25) is 10.0 Å². The Hall–Kier alpha value is -2.78. The fourth-order valence-electron chi connectivity index (χ4n) is 3.83. The average Bonchev–Trinajstić information content (AvgIpc) is 2.84. The molecule has 1 saturated heterocycles. The molecule has 1 amide bonds. The summed E-state index contributed by atoms with van der Waals surface area (Å²) in [6.45, 7) is 1.80. The summed E-state index contributed by atoms with van der Waals surface area (Å²) in [4.78, 5) is 14.8. The summed E-state index contributed by atoms with van der Waals surface area (Å²) in [6, 6.07) is 18.5. The van der Waals surface area contributed by atoms with Crippen LogP contribution in [0.4, 0.5) is 11.4 Å². The fourth-order valence-corrected chi connectivity index (χ4v) is 5.82. The molecule has 3 aromatic carbocycles. The van der Waals surface area contributed by atoms with Crippen molar-refractivity contribution >= 4 is 50.5 Å². The maximum absolute atomic E-state index is 13.2. The van der Waals surface area contributed by atoms with Gasteiger partial charge in [-0.2, -0.15) is 4.31 Å². The number of para-hydroxylation sites is 2. The van der Waals surface area contributed by atoms with Gasteiger partial charge in [-0.1, -0.05) is 41.4 Å². The van der Waals surface area contributed by atoms with Crippen LogP contribution in [0.2, 0.25) is 10.0 Å². The Kier molecular flexibility index (Phi) is 7.33. The van der Waals surface area contributed by atoms with Crippen LogP contribution in [0, 0.1) is 0 Å². The molecule has 0 spiro atoms. The zero-order valence-electron chi connectivity index (χ0n) is 18.4. The van der Waals surface area contributed by atoms with Gasteiger partial charge in [0, 0.05) is 31.9 Å². The first kappa shape index (κ1) is 24.3. The molecule has 0 radical (unpaired) electrons. The smallest absolute Gasteiger partial charge is 0.258 e. The lowest BCUT2D eigenvalue weighted by atomic mass is 10.2. The first-order chi connectivity index (χ1) is 16.3. The van der Waals surface area contributed by atoms with Crippen molar-refractivity contribution in [1.82, 2.24) is 4.31 Å². The molecular weight excluding hydrogens is 497 g/mol. The number of carbonyl (C=O) groups excluding carboxylic acids is 1. The molecule has 0 aliphatic carbocycles. The normalized spacial score (nSPS) is 14.6. The predicted molar refractivity (Wildman–Crippen MR) is 135 cm³/mol. The molecular formula is C24H23Cl2N3O4S. The van der Waals surface area contributed by atoms with Crippen LogP contribution in [-0.4, -0.2) is 51.9 Å². The second-order valence-electron chi connectivity index (χ2n) is 7.64. The van der Waals surface area contributed by atoms with Crippen LogP contribution in [-0.2, 0) is 10.0 Å². The fraction of sp³-hybridized carbons (Fsp3) is 0.208. The maximum atomic E-state index is 13.2. The molecule has 0 atom stereocenters. The van der Waals surface area contributed by atoms with Crippen molar-refractivity contribution in [2.75, 3.05) is 43.5 Å². The van der Waals surface area contributed by atoms with Crippen LogP contribution in [0.3, 0.4) is 0 Å². The van der Waals surface area contributed by atoms with E-state index in [9.17, 15) is 13.2 Å². The molecule has 7 nitrogen and oxygen atoms in total. The monoisotopic (exact) mass is 519 g/mol. The molecule has 178 valence electrons. The van der Waals surface area contributed by atoms with Crippen molar-refractivity contribution in [1.29, 1.82) is 0 Å². The second-order valence-corrected chi connectivity index (χ2v) is 10.4. The number of hydrogen-bond acceptors (Lipinski definition) is 5. The van der Waals surface area contributed by atoms with Crippen LogP contribution < -0.4 is 15.0 Å². The van der Waals surface area contributed by atoms with Crippen LogP contribution in [0.25, 0.3) is 0 Å². The molecule has 0 unspecified atom stereocenters. The van der Waals surface area contributed by atoms with Crippen molar-refractivity contribution in [2.24, 2.45) is 0 Å². The average molecular weight is 520 g/mol. The van der Waals surface area contributed by atoms with E-state index in [1.54, 1.807) is 37.4 Å². The van der Waals surface area contributed by atoms with Crippen molar-refractivity contribution in [3.63, 3.8) is 0 Å². The lowest BCUT2D eigenvalue weighted by Gasteiger charge is -2.35. The number of nitrogens with one attached hydrogen (secondary N) is 1. The Morgan fingerprint density at radius 2 is 1.50 bits per heavy atom. The number of piperazine rings is 1. The zero-order chi connectivity index (χ0) is 24.3. The summed E-state index contributed by atoms with van der Waals surface area (Å²) >= 11 is 12.2. The van der Waals surface area contributed by atoms with Gasteiger partial charge < -0.3 is 15.0 Å². The number of carbonyl (C=O) groups is 1. The molecule has 34 heavy (non-hydrogen) atoms. The van der Waals surface area contributed by atoms with Crippen molar-refractivity contribution in [3.05, 3.63) is 82.3 Å². The van der Waals surface area contributed by atoms with Gasteiger partial charge in [-0.25, -0.2) is 8.42 Å². The van der Waals surface area contributed by atoms with E-state index >= 15 is 0 Å². The lowest BCUT2D eigenvalue weighted by molar-refractivity contribution is 0.102. The molecule has 0 saturated carbocycles. The summed E-state index contributed by atoms with van der Waals surface area (Å²) < 4.78 is 33.2. The van der Waals surface area contributed by atoms with Gasteiger partial charge in [-0.3, -0.25) is 4.79 Å². The Bertz CT molecular complexity index is 1270. The molecule has 0 bridgehead atoms. The standard InChI is InChI=1S/C24H23Cl2N3O4S/c1-33-22-8-3-2-7-21(22)28-13-15-29(16-14-28)34(31,32)18-11-9-17(10-12-18)27-24(30)23-19(25)5-4-6-20(23)26/h2-12H,13-16H2,1H3,(H,27,30). The SMILES string of the molecule is COc1ccccc1N1CCN(S(=O)(=O)c2ccc(NC(=O)c3c(Cl)cccc3Cl)cc2)CC1. The highest BCUT2D eigenvalue weighted by Gasteiger charge is 2.29. The highest BCUT2D eigenvalue weighted by atomic mass is 35.5. The van der Waals surface area contributed by atoms with Crippen LogP contribution >= 0.6 is 23.2 Å². The molecule has 1 N–H and O–H groups in total. The Labute approximate surface area is 208 Å². The number of anilines is 2. The number of hydrogen-bond donors (Lipinski definition) is 1. The highest BCUT2D eigenvalue weighted by molar-refractivity contribution is 7.89. The van der Waals surface area contributed by atoms with Crippen LogP contribution in [0.5, 0.6) is 5.75 Å². The molecule has 4 rings (SSSR count). The second kappa shape index (κ2) is 10.2. The number of halogens is 2. The number of ether oxygens (including phenoxy) is 1. The number of sulfonamides is 1. The van der Waals surface area contributed by atoms with Gasteiger partial charge in [-0.15, -0.1) is 0 Å². The minimum Gasteiger partial charge on any atom is -0.495 e. The summed E-state index contributed by atoms with van der Waals surface area (Å²) in [5.74, 6) is 0.285. The summed E-state index contributed by atoms with van der Waals surface area (Å²) in [7, 11) is -2.05. The quantitative estimate of drug-likeness (QED) is 0.507. The van der Waals surface area contributed by atoms with Gasteiger partial charge in [0.15, 0.2) is 0 Å². The van der Waals surface area contributed by atoms with Gasteiger partial charge >= 0.3 is 0 Å². The third-order valence-corrected chi connectivity index (χ3v) is 8.15. The summed E-state index contributed by atoms with van der Waals surface area (Å²) in [6.07, 6.45) is 0. The Balaban J connectivity index is 1.43. The molecule has 3 aromatic rings. The van der Waals surface area contributed by atoms with Crippen molar-refractivity contribution in [3.8, 4) is 5.75 Å². The highest BCUT2D eigenvalue weighted by Crippen LogP contribution is 2.30. The van der Waals surface area contributed by atoms with Gasteiger partial charge in [-0.05, 0) is 48.5 Å². The number of amides is 1. The molecule has 1 heterocycles. The number of methoxy groups -OCH3 is 1. The van der Waals surface area contributed by atoms with Crippen LogP contribution in [0.15, 0.2) is 71.6 Å². The van der Waals surface area contributed by atoms with Crippen molar-refractivity contribution in [2.45, 2.75) is 4.90 Å². The Morgan fingerprint density at radius 1 is 0.882 bits per heavy atom. The topological polar surface area (TPSA) is 79.0 Å². The largest absolute Gasteiger partial charge is 0.495 e. The first-order valence-electron chi connectivity index (χ1n) is 10.5. The molecule has 10 heteroatoms.